The summed E-state index contributed by atoms with van der Waals surface area (Å²) in [7, 11) is 1.55. The molecule has 122 valence electrons. The van der Waals surface area contributed by atoms with Gasteiger partial charge in [0, 0.05) is 13.5 Å². The zero-order valence-corrected chi connectivity index (χ0v) is 14.0. The molecule has 1 atom stereocenters. The van der Waals surface area contributed by atoms with Crippen molar-refractivity contribution in [3.63, 3.8) is 0 Å². The highest BCUT2D eigenvalue weighted by molar-refractivity contribution is 5.81. The van der Waals surface area contributed by atoms with Crippen LogP contribution in [0.3, 0.4) is 0 Å². The van der Waals surface area contributed by atoms with Crippen LogP contribution in [0.25, 0.3) is 0 Å². The fourth-order valence-electron chi connectivity index (χ4n) is 1.92. The summed E-state index contributed by atoms with van der Waals surface area (Å²) in [6.07, 6.45) is -0.156. The van der Waals surface area contributed by atoms with Crippen LogP contribution in [0.2, 0.25) is 0 Å². The van der Waals surface area contributed by atoms with E-state index in [-0.39, 0.29) is 6.61 Å². The average molecular weight is 307 g/mol. The molecule has 1 rings (SSSR count). The summed E-state index contributed by atoms with van der Waals surface area (Å²) < 4.78 is 10.4. The van der Waals surface area contributed by atoms with Gasteiger partial charge in [0.25, 0.3) is 0 Å². The predicted octanol–water partition coefficient (Wildman–Crippen LogP) is 3.03. The third-order valence-electron chi connectivity index (χ3n) is 2.98. The smallest absolute Gasteiger partial charge is 0.410 e. The maximum absolute atomic E-state index is 12.2. The van der Waals surface area contributed by atoms with Crippen molar-refractivity contribution in [2.45, 2.75) is 45.8 Å². The molecule has 22 heavy (non-hydrogen) atoms. The Hall–Kier alpha value is -2.04. The maximum Gasteiger partial charge on any atom is 0.410 e. The number of rotatable bonds is 5. The fraction of sp³-hybridized carbons (Fsp3) is 0.529. The second-order valence-corrected chi connectivity index (χ2v) is 6.05. The van der Waals surface area contributed by atoms with Crippen molar-refractivity contribution in [3.8, 4) is 0 Å². The van der Waals surface area contributed by atoms with Crippen LogP contribution in [-0.2, 0) is 20.7 Å². The van der Waals surface area contributed by atoms with Crippen LogP contribution in [0.1, 0.15) is 33.3 Å². The van der Waals surface area contributed by atoms with Gasteiger partial charge in [-0.2, -0.15) is 0 Å². The summed E-state index contributed by atoms with van der Waals surface area (Å²) in [6.45, 7) is 7.37. The normalized spacial score (nSPS) is 12.4. The molecule has 0 heterocycles. The minimum absolute atomic E-state index is 0.270. The van der Waals surface area contributed by atoms with Crippen molar-refractivity contribution in [2.75, 3.05) is 13.7 Å². The lowest BCUT2D eigenvalue weighted by Crippen LogP contribution is -2.46. The van der Waals surface area contributed by atoms with Gasteiger partial charge >= 0.3 is 12.1 Å². The molecule has 1 amide bonds. The summed E-state index contributed by atoms with van der Waals surface area (Å²) in [5, 5.41) is 0. The van der Waals surface area contributed by atoms with Gasteiger partial charge in [0.2, 0.25) is 0 Å². The van der Waals surface area contributed by atoms with Gasteiger partial charge in [0.15, 0.2) is 0 Å². The minimum Gasteiger partial charge on any atom is -0.464 e. The van der Waals surface area contributed by atoms with Crippen LogP contribution in [0, 0.1) is 0 Å². The zero-order valence-electron chi connectivity index (χ0n) is 14.0. The number of carbonyl (C=O) groups excluding carboxylic acids is 2. The highest BCUT2D eigenvalue weighted by atomic mass is 16.6. The second-order valence-electron chi connectivity index (χ2n) is 6.05. The summed E-state index contributed by atoms with van der Waals surface area (Å²) in [5.41, 5.74) is 0.341. The lowest BCUT2D eigenvalue weighted by Gasteiger charge is -2.29. The van der Waals surface area contributed by atoms with E-state index in [1.54, 1.807) is 34.7 Å². The molecule has 0 N–H and O–H groups in total. The van der Waals surface area contributed by atoms with E-state index < -0.39 is 23.7 Å². The molecule has 0 bridgehead atoms. The largest absolute Gasteiger partial charge is 0.464 e. The van der Waals surface area contributed by atoms with Crippen molar-refractivity contribution in [2.24, 2.45) is 0 Å². The summed E-state index contributed by atoms with van der Waals surface area (Å²) >= 11 is 0. The first-order valence-corrected chi connectivity index (χ1v) is 7.41. The van der Waals surface area contributed by atoms with Gasteiger partial charge in [-0.05, 0) is 33.3 Å². The number of ether oxygens (including phenoxy) is 2. The Labute approximate surface area is 132 Å². The monoisotopic (exact) mass is 307 g/mol. The van der Waals surface area contributed by atoms with Crippen molar-refractivity contribution >= 4 is 12.1 Å². The Bertz CT molecular complexity index is 493. The molecular weight excluding hydrogens is 282 g/mol. The highest BCUT2D eigenvalue weighted by Gasteiger charge is 2.31. The van der Waals surface area contributed by atoms with Crippen molar-refractivity contribution < 1.29 is 19.1 Å². The molecule has 1 aromatic rings. The van der Waals surface area contributed by atoms with E-state index in [1.807, 2.05) is 30.3 Å². The Morgan fingerprint density at radius 2 is 1.77 bits per heavy atom. The fourth-order valence-corrected chi connectivity index (χ4v) is 1.92. The van der Waals surface area contributed by atoms with Gasteiger partial charge in [0.05, 0.1) is 6.61 Å². The molecular formula is C17H25NO4. The van der Waals surface area contributed by atoms with Gasteiger partial charge in [-0.3, -0.25) is 4.90 Å². The first-order chi connectivity index (χ1) is 10.2. The molecule has 5 nitrogen and oxygen atoms in total. The third kappa shape index (κ3) is 5.76. The van der Waals surface area contributed by atoms with Gasteiger partial charge < -0.3 is 9.47 Å². The Morgan fingerprint density at radius 3 is 2.27 bits per heavy atom. The topological polar surface area (TPSA) is 55.8 Å². The van der Waals surface area contributed by atoms with Crippen LogP contribution in [-0.4, -0.2) is 42.3 Å². The lowest BCUT2D eigenvalue weighted by atomic mass is 10.1. The van der Waals surface area contributed by atoms with Crippen LogP contribution in [0.4, 0.5) is 4.79 Å². The molecule has 0 aromatic heterocycles. The molecule has 5 heteroatoms. The van der Waals surface area contributed by atoms with Crippen molar-refractivity contribution in [3.05, 3.63) is 35.9 Å². The first kappa shape index (κ1) is 18.0. The minimum atomic E-state index is -0.711. The Kier molecular flexibility index (Phi) is 6.40. The molecule has 0 unspecified atom stereocenters. The van der Waals surface area contributed by atoms with Crippen LogP contribution < -0.4 is 0 Å². The van der Waals surface area contributed by atoms with E-state index in [0.29, 0.717) is 6.42 Å². The molecule has 0 spiro atoms. The van der Waals surface area contributed by atoms with E-state index in [0.717, 1.165) is 5.56 Å². The molecule has 0 aliphatic rings. The van der Waals surface area contributed by atoms with Gasteiger partial charge in [-0.15, -0.1) is 0 Å². The standard InChI is InChI=1S/C17H25NO4/c1-6-21-15(19)14(12-13-10-8-7-9-11-13)18(5)16(20)22-17(2,3)4/h7-11,14H,6,12H2,1-5H3/t14-/m0/s1. The number of hydrogen-bond acceptors (Lipinski definition) is 4. The first-order valence-electron chi connectivity index (χ1n) is 7.41. The molecule has 0 saturated heterocycles. The number of amides is 1. The number of carbonyl (C=O) groups is 2. The van der Waals surface area contributed by atoms with Gasteiger partial charge in [0.1, 0.15) is 11.6 Å². The maximum atomic E-state index is 12.2. The molecule has 0 fully saturated rings. The van der Waals surface area contributed by atoms with E-state index >= 15 is 0 Å². The molecule has 0 aliphatic heterocycles. The molecule has 0 radical (unpaired) electrons. The molecule has 0 saturated carbocycles. The highest BCUT2D eigenvalue weighted by Crippen LogP contribution is 2.14. The van der Waals surface area contributed by atoms with Crippen molar-refractivity contribution in [1.29, 1.82) is 0 Å². The Balaban J connectivity index is 2.89. The number of esters is 1. The van der Waals surface area contributed by atoms with E-state index in [2.05, 4.69) is 0 Å². The Morgan fingerprint density at radius 1 is 1.18 bits per heavy atom. The van der Waals surface area contributed by atoms with Crippen molar-refractivity contribution in [1.82, 2.24) is 4.90 Å². The molecule has 1 aromatic carbocycles. The van der Waals surface area contributed by atoms with Crippen LogP contribution >= 0.6 is 0 Å². The molecule has 0 aliphatic carbocycles. The number of benzene rings is 1. The van der Waals surface area contributed by atoms with E-state index in [4.69, 9.17) is 9.47 Å². The summed E-state index contributed by atoms with van der Waals surface area (Å²) in [4.78, 5) is 25.7. The van der Waals surface area contributed by atoms with Crippen LogP contribution in [0.15, 0.2) is 30.3 Å². The third-order valence-corrected chi connectivity index (χ3v) is 2.98. The predicted molar refractivity (Wildman–Crippen MR) is 84.6 cm³/mol. The number of nitrogens with zero attached hydrogens (tertiary/aromatic N) is 1. The SMILES string of the molecule is CCOC(=O)[C@H](Cc1ccccc1)N(C)C(=O)OC(C)(C)C. The quantitative estimate of drug-likeness (QED) is 0.785. The average Bonchev–Trinajstić information content (AvgIpc) is 2.43. The summed E-state index contributed by atoms with van der Waals surface area (Å²) in [5.74, 6) is -0.431. The zero-order chi connectivity index (χ0) is 16.8. The van der Waals surface area contributed by atoms with Crippen LogP contribution in [0.5, 0.6) is 0 Å². The second kappa shape index (κ2) is 7.82. The lowest BCUT2D eigenvalue weighted by molar-refractivity contribution is -0.148. The summed E-state index contributed by atoms with van der Waals surface area (Å²) in [6, 6.07) is 8.80. The van der Waals surface area contributed by atoms with Gasteiger partial charge in [-0.1, -0.05) is 30.3 Å². The number of hydrogen-bond donors (Lipinski definition) is 0. The van der Waals surface area contributed by atoms with Gasteiger partial charge in [-0.25, -0.2) is 9.59 Å². The van der Waals surface area contributed by atoms with E-state index in [1.165, 1.54) is 4.90 Å². The number of likely N-dealkylation sites (N-methyl/N-ethyl adjacent to an activating group) is 1. The van der Waals surface area contributed by atoms with E-state index in [9.17, 15) is 9.59 Å².